The fourth-order valence-electron chi connectivity index (χ4n) is 1.70. The quantitative estimate of drug-likeness (QED) is 0.843. The second-order valence-corrected chi connectivity index (χ2v) is 4.55. The predicted octanol–water partition coefficient (Wildman–Crippen LogP) is 0.955. The van der Waals surface area contributed by atoms with Gasteiger partial charge in [-0.15, -0.1) is 0 Å². The number of primary amides is 1. The van der Waals surface area contributed by atoms with Crippen molar-refractivity contribution in [2.45, 2.75) is 19.4 Å². The number of rotatable bonds is 3. The Bertz CT molecular complexity index is 643. The highest BCUT2D eigenvalue weighted by molar-refractivity contribution is 5.93. The number of fused-ring (bicyclic) bond motifs is 1. The van der Waals surface area contributed by atoms with Gasteiger partial charge in [-0.05, 0) is 32.0 Å². The first-order chi connectivity index (χ1) is 8.34. The second kappa shape index (κ2) is 3.83. The van der Waals surface area contributed by atoms with Gasteiger partial charge in [-0.25, -0.2) is 9.78 Å². The Hall–Kier alpha value is -2.37. The molecule has 0 saturated heterocycles. The van der Waals surface area contributed by atoms with Crippen LogP contribution in [0.2, 0.25) is 0 Å². The number of amides is 1. The molecular formula is C12H13N3O3. The highest BCUT2D eigenvalue weighted by Gasteiger charge is 2.28. The maximum Gasteiger partial charge on any atom is 0.335 e. The zero-order valence-electron chi connectivity index (χ0n) is 10.0. The van der Waals surface area contributed by atoms with E-state index in [4.69, 9.17) is 10.8 Å². The van der Waals surface area contributed by atoms with Gasteiger partial charge in [0.05, 0.1) is 22.9 Å². The average molecular weight is 247 g/mol. The van der Waals surface area contributed by atoms with Gasteiger partial charge < -0.3 is 15.4 Å². The molecule has 3 N–H and O–H groups in total. The van der Waals surface area contributed by atoms with Crippen LogP contribution in [0, 0.1) is 0 Å². The first-order valence-electron chi connectivity index (χ1n) is 5.35. The van der Waals surface area contributed by atoms with Crippen LogP contribution in [0.1, 0.15) is 24.2 Å². The van der Waals surface area contributed by atoms with Crippen molar-refractivity contribution in [3.05, 3.63) is 30.1 Å². The van der Waals surface area contributed by atoms with Crippen LogP contribution in [0.25, 0.3) is 11.0 Å². The number of carbonyl (C=O) groups is 2. The molecular weight excluding hydrogens is 234 g/mol. The number of nitrogens with two attached hydrogens (primary N) is 1. The summed E-state index contributed by atoms with van der Waals surface area (Å²) in [6.45, 7) is 3.31. The van der Waals surface area contributed by atoms with E-state index in [0.717, 1.165) is 0 Å². The molecule has 0 atom stereocenters. The normalized spacial score (nSPS) is 11.7. The van der Waals surface area contributed by atoms with Crippen LogP contribution >= 0.6 is 0 Å². The van der Waals surface area contributed by atoms with Gasteiger partial charge in [0, 0.05) is 0 Å². The van der Waals surface area contributed by atoms with Crippen LogP contribution in [-0.4, -0.2) is 26.5 Å². The summed E-state index contributed by atoms with van der Waals surface area (Å²) >= 11 is 0. The summed E-state index contributed by atoms with van der Waals surface area (Å²) in [6, 6.07) is 4.56. The molecule has 0 radical (unpaired) electrons. The van der Waals surface area contributed by atoms with Crippen molar-refractivity contribution in [2.75, 3.05) is 0 Å². The van der Waals surface area contributed by atoms with Crippen molar-refractivity contribution in [2.24, 2.45) is 5.73 Å². The third-order valence-corrected chi connectivity index (χ3v) is 3.00. The molecule has 1 aromatic carbocycles. The van der Waals surface area contributed by atoms with E-state index in [2.05, 4.69) is 4.98 Å². The molecule has 1 heterocycles. The van der Waals surface area contributed by atoms with Gasteiger partial charge in [-0.2, -0.15) is 0 Å². The molecule has 2 aromatic rings. The molecule has 0 aliphatic carbocycles. The number of carboxylic acids is 1. The molecule has 0 aliphatic heterocycles. The van der Waals surface area contributed by atoms with Crippen molar-refractivity contribution in [3.8, 4) is 0 Å². The van der Waals surface area contributed by atoms with Crippen LogP contribution in [0.4, 0.5) is 0 Å². The number of nitrogens with zero attached hydrogens (tertiary/aromatic N) is 2. The average Bonchev–Trinajstić information content (AvgIpc) is 2.71. The van der Waals surface area contributed by atoms with E-state index in [0.29, 0.717) is 11.0 Å². The second-order valence-electron chi connectivity index (χ2n) is 4.55. The van der Waals surface area contributed by atoms with Gasteiger partial charge in [0.15, 0.2) is 0 Å². The van der Waals surface area contributed by atoms with Crippen LogP contribution in [-0.2, 0) is 10.3 Å². The topological polar surface area (TPSA) is 98.2 Å². The van der Waals surface area contributed by atoms with Gasteiger partial charge >= 0.3 is 5.97 Å². The van der Waals surface area contributed by atoms with E-state index in [1.807, 2.05) is 0 Å². The van der Waals surface area contributed by atoms with E-state index in [-0.39, 0.29) is 5.56 Å². The van der Waals surface area contributed by atoms with Crippen molar-refractivity contribution < 1.29 is 14.7 Å². The molecule has 0 fully saturated rings. The number of aromatic nitrogens is 2. The van der Waals surface area contributed by atoms with Gasteiger partial charge in [-0.3, -0.25) is 4.79 Å². The van der Waals surface area contributed by atoms with Gasteiger partial charge in [0.2, 0.25) is 5.91 Å². The molecule has 1 amide bonds. The SMILES string of the molecule is CC(C)(C(N)=O)n1cnc2ccc(C(=O)O)cc21. The highest BCUT2D eigenvalue weighted by atomic mass is 16.4. The van der Waals surface area contributed by atoms with Crippen LogP contribution < -0.4 is 5.73 Å². The highest BCUT2D eigenvalue weighted by Crippen LogP contribution is 2.23. The summed E-state index contributed by atoms with van der Waals surface area (Å²) in [5, 5.41) is 8.96. The molecule has 2 rings (SSSR count). The summed E-state index contributed by atoms with van der Waals surface area (Å²) in [5.74, 6) is -1.54. The van der Waals surface area contributed by atoms with E-state index in [9.17, 15) is 9.59 Å². The summed E-state index contributed by atoms with van der Waals surface area (Å²) in [7, 11) is 0. The number of carboxylic acid groups (broad SMARTS) is 1. The number of imidazole rings is 1. The van der Waals surface area contributed by atoms with E-state index in [1.54, 1.807) is 24.5 Å². The molecule has 0 aliphatic rings. The summed E-state index contributed by atoms with van der Waals surface area (Å²) in [6.07, 6.45) is 1.49. The minimum absolute atomic E-state index is 0.143. The van der Waals surface area contributed by atoms with Crippen molar-refractivity contribution in [1.82, 2.24) is 9.55 Å². The summed E-state index contributed by atoms with van der Waals surface area (Å²) < 4.78 is 1.58. The van der Waals surface area contributed by atoms with Crippen molar-refractivity contribution in [3.63, 3.8) is 0 Å². The third kappa shape index (κ3) is 1.71. The first kappa shape index (κ1) is 12.1. The molecule has 0 saturated carbocycles. The molecule has 0 unspecified atom stereocenters. The van der Waals surface area contributed by atoms with E-state index >= 15 is 0 Å². The Morgan fingerprint density at radius 2 is 2.06 bits per heavy atom. The Kier molecular flexibility index (Phi) is 2.58. The Morgan fingerprint density at radius 3 is 2.61 bits per heavy atom. The van der Waals surface area contributed by atoms with Crippen molar-refractivity contribution >= 4 is 22.9 Å². The van der Waals surface area contributed by atoms with E-state index < -0.39 is 17.4 Å². The standard InChI is InChI=1S/C12H13N3O3/c1-12(2,11(13)18)15-6-14-8-4-3-7(10(16)17)5-9(8)15/h3-6H,1-2H3,(H2,13,18)(H,16,17). The first-order valence-corrected chi connectivity index (χ1v) is 5.35. The van der Waals surface area contributed by atoms with Crippen molar-refractivity contribution in [1.29, 1.82) is 0 Å². The Labute approximate surface area is 103 Å². The molecule has 6 nitrogen and oxygen atoms in total. The van der Waals surface area contributed by atoms with Gasteiger partial charge in [0.1, 0.15) is 5.54 Å². The minimum Gasteiger partial charge on any atom is -0.478 e. The number of aromatic carboxylic acids is 1. The summed E-state index contributed by atoms with van der Waals surface area (Å²) in [4.78, 5) is 26.5. The zero-order chi connectivity index (χ0) is 13.5. The largest absolute Gasteiger partial charge is 0.478 e. The lowest BCUT2D eigenvalue weighted by atomic mass is 10.0. The number of hydrogen-bond donors (Lipinski definition) is 2. The minimum atomic E-state index is -1.03. The molecule has 18 heavy (non-hydrogen) atoms. The van der Waals surface area contributed by atoms with Gasteiger partial charge in [-0.1, -0.05) is 0 Å². The third-order valence-electron chi connectivity index (χ3n) is 3.00. The number of carbonyl (C=O) groups excluding carboxylic acids is 1. The molecule has 94 valence electrons. The lowest BCUT2D eigenvalue weighted by molar-refractivity contribution is -0.124. The van der Waals surface area contributed by atoms with Crippen LogP contribution in [0.3, 0.4) is 0 Å². The molecule has 0 spiro atoms. The van der Waals surface area contributed by atoms with E-state index in [1.165, 1.54) is 18.5 Å². The van der Waals surface area contributed by atoms with Crippen LogP contribution in [0.5, 0.6) is 0 Å². The molecule has 0 bridgehead atoms. The fourth-order valence-corrected chi connectivity index (χ4v) is 1.70. The predicted molar refractivity (Wildman–Crippen MR) is 65.2 cm³/mol. The lowest BCUT2D eigenvalue weighted by Crippen LogP contribution is -2.40. The number of hydrogen-bond acceptors (Lipinski definition) is 3. The monoisotopic (exact) mass is 247 g/mol. The smallest absolute Gasteiger partial charge is 0.335 e. The summed E-state index contributed by atoms with van der Waals surface area (Å²) in [5.41, 5.74) is 5.71. The molecule has 1 aromatic heterocycles. The lowest BCUT2D eigenvalue weighted by Gasteiger charge is -2.23. The maximum atomic E-state index is 11.4. The van der Waals surface area contributed by atoms with Crippen LogP contribution in [0.15, 0.2) is 24.5 Å². The van der Waals surface area contributed by atoms with Gasteiger partial charge in [0.25, 0.3) is 0 Å². The number of benzene rings is 1. The maximum absolute atomic E-state index is 11.4. The fraction of sp³-hybridized carbons (Fsp3) is 0.250. The molecule has 6 heteroatoms. The Balaban J connectivity index is 2.69. The Morgan fingerprint density at radius 1 is 1.39 bits per heavy atom. The zero-order valence-corrected chi connectivity index (χ0v) is 10.0.